The molecular formula is C16H23N3O2. The number of hydrogen-bond donors (Lipinski definition) is 2. The van der Waals surface area contributed by atoms with Gasteiger partial charge in [0.15, 0.2) is 0 Å². The van der Waals surface area contributed by atoms with Crippen molar-refractivity contribution in [2.75, 3.05) is 13.1 Å². The van der Waals surface area contributed by atoms with Crippen molar-refractivity contribution in [3.8, 4) is 0 Å². The first-order valence-corrected chi connectivity index (χ1v) is 7.45. The predicted octanol–water partition coefficient (Wildman–Crippen LogP) is 1.52. The maximum absolute atomic E-state index is 12.6. The highest BCUT2D eigenvalue weighted by atomic mass is 16.2. The Bertz CT molecular complexity index is 490. The molecule has 0 radical (unpaired) electrons. The van der Waals surface area contributed by atoms with Crippen LogP contribution in [0.3, 0.4) is 0 Å². The number of nitrogens with two attached hydrogens (primary N) is 1. The Kier molecular flexibility index (Phi) is 5.20. The predicted molar refractivity (Wildman–Crippen MR) is 81.6 cm³/mol. The minimum absolute atomic E-state index is 0.0378. The standard InChI is InChI=1S/C16H23N3O2/c1-12-6-5-9-19(11-12)15(20)14(18-16(17)21)10-13-7-3-2-4-8-13/h2-4,7-8,12,14H,5-6,9-11H2,1H3,(H3,17,18,21)/t12-,14-/m1/s1. The lowest BCUT2D eigenvalue weighted by atomic mass is 9.98. The molecule has 0 unspecified atom stereocenters. The van der Waals surface area contributed by atoms with Gasteiger partial charge in [0.1, 0.15) is 6.04 Å². The van der Waals surface area contributed by atoms with Gasteiger partial charge in [0, 0.05) is 19.5 Å². The van der Waals surface area contributed by atoms with Crippen LogP contribution < -0.4 is 11.1 Å². The summed E-state index contributed by atoms with van der Waals surface area (Å²) in [5.41, 5.74) is 6.23. The molecule has 1 aliphatic heterocycles. The molecule has 3 amide bonds. The van der Waals surface area contributed by atoms with E-state index >= 15 is 0 Å². The zero-order valence-corrected chi connectivity index (χ0v) is 12.4. The zero-order valence-electron chi connectivity index (χ0n) is 12.4. The molecule has 0 spiro atoms. The Balaban J connectivity index is 2.07. The second-order valence-corrected chi connectivity index (χ2v) is 5.78. The minimum Gasteiger partial charge on any atom is -0.352 e. The van der Waals surface area contributed by atoms with Gasteiger partial charge >= 0.3 is 6.03 Å². The first-order chi connectivity index (χ1) is 10.1. The Morgan fingerprint density at radius 2 is 2.10 bits per heavy atom. The minimum atomic E-state index is -0.658. The zero-order chi connectivity index (χ0) is 15.2. The van der Waals surface area contributed by atoms with Crippen LogP contribution in [0.5, 0.6) is 0 Å². The molecule has 21 heavy (non-hydrogen) atoms. The van der Waals surface area contributed by atoms with Crippen LogP contribution in [0.4, 0.5) is 4.79 Å². The lowest BCUT2D eigenvalue weighted by Crippen LogP contribution is -2.53. The van der Waals surface area contributed by atoms with E-state index in [2.05, 4.69) is 12.2 Å². The van der Waals surface area contributed by atoms with Crippen molar-refractivity contribution >= 4 is 11.9 Å². The van der Waals surface area contributed by atoms with Crippen LogP contribution in [0.2, 0.25) is 0 Å². The smallest absolute Gasteiger partial charge is 0.312 e. The van der Waals surface area contributed by atoms with E-state index in [1.807, 2.05) is 35.2 Å². The lowest BCUT2D eigenvalue weighted by molar-refractivity contribution is -0.134. The van der Waals surface area contributed by atoms with Gasteiger partial charge < -0.3 is 16.0 Å². The summed E-state index contributed by atoms with van der Waals surface area (Å²) in [5.74, 6) is 0.470. The maximum Gasteiger partial charge on any atom is 0.312 e. The van der Waals surface area contributed by atoms with Gasteiger partial charge in [0.2, 0.25) is 5.91 Å². The third-order valence-electron chi connectivity index (χ3n) is 3.87. The first-order valence-electron chi connectivity index (χ1n) is 7.45. The Morgan fingerprint density at radius 1 is 1.38 bits per heavy atom. The highest BCUT2D eigenvalue weighted by Gasteiger charge is 2.28. The number of likely N-dealkylation sites (tertiary alicyclic amines) is 1. The fourth-order valence-corrected chi connectivity index (χ4v) is 2.83. The summed E-state index contributed by atoms with van der Waals surface area (Å²) < 4.78 is 0. The molecule has 1 heterocycles. The molecule has 1 saturated heterocycles. The SMILES string of the molecule is C[C@@H]1CCCN(C(=O)[C@@H](Cc2ccccc2)NC(N)=O)C1. The first kappa shape index (κ1) is 15.4. The van der Waals surface area contributed by atoms with Crippen molar-refractivity contribution in [2.45, 2.75) is 32.2 Å². The number of amides is 3. The molecule has 1 aromatic rings. The fraction of sp³-hybridized carbons (Fsp3) is 0.500. The summed E-state index contributed by atoms with van der Waals surface area (Å²) in [6.45, 7) is 3.66. The summed E-state index contributed by atoms with van der Waals surface area (Å²) in [6, 6.07) is 8.41. The Morgan fingerprint density at radius 3 is 2.71 bits per heavy atom. The number of primary amides is 1. The van der Waals surface area contributed by atoms with Crippen molar-refractivity contribution in [1.82, 2.24) is 10.2 Å². The Labute approximate surface area is 125 Å². The van der Waals surface area contributed by atoms with Gasteiger partial charge in [-0.2, -0.15) is 0 Å². The van der Waals surface area contributed by atoms with Crippen LogP contribution in [0.25, 0.3) is 0 Å². The number of hydrogen-bond acceptors (Lipinski definition) is 2. The molecule has 1 aromatic carbocycles. The summed E-state index contributed by atoms with van der Waals surface area (Å²) in [6.07, 6.45) is 2.63. The summed E-state index contributed by atoms with van der Waals surface area (Å²) in [5, 5.41) is 2.59. The monoisotopic (exact) mass is 289 g/mol. The number of benzene rings is 1. The quantitative estimate of drug-likeness (QED) is 0.882. The Hall–Kier alpha value is -2.04. The van der Waals surface area contributed by atoms with Gasteiger partial charge in [0.05, 0.1) is 0 Å². The lowest BCUT2D eigenvalue weighted by Gasteiger charge is -2.33. The molecule has 0 aliphatic carbocycles. The fourth-order valence-electron chi connectivity index (χ4n) is 2.83. The van der Waals surface area contributed by atoms with Crippen LogP contribution in [0.15, 0.2) is 30.3 Å². The number of urea groups is 1. The molecule has 1 fully saturated rings. The van der Waals surface area contributed by atoms with E-state index in [0.717, 1.165) is 31.5 Å². The molecule has 1 aliphatic rings. The van der Waals surface area contributed by atoms with Gasteiger partial charge in [-0.05, 0) is 24.3 Å². The van der Waals surface area contributed by atoms with Gasteiger partial charge in [-0.15, -0.1) is 0 Å². The summed E-state index contributed by atoms with van der Waals surface area (Å²) in [4.78, 5) is 25.7. The van der Waals surface area contributed by atoms with E-state index in [9.17, 15) is 9.59 Å². The molecule has 0 aromatic heterocycles. The average Bonchev–Trinajstić information content (AvgIpc) is 2.46. The molecular weight excluding hydrogens is 266 g/mol. The van der Waals surface area contributed by atoms with Gasteiger partial charge in [-0.3, -0.25) is 4.79 Å². The number of carbonyl (C=O) groups is 2. The topological polar surface area (TPSA) is 75.4 Å². The number of piperidine rings is 1. The van der Waals surface area contributed by atoms with Crippen molar-refractivity contribution in [3.05, 3.63) is 35.9 Å². The highest BCUT2D eigenvalue weighted by Crippen LogP contribution is 2.17. The van der Waals surface area contributed by atoms with Crippen molar-refractivity contribution in [1.29, 1.82) is 0 Å². The van der Waals surface area contributed by atoms with E-state index in [0.29, 0.717) is 12.3 Å². The third-order valence-corrected chi connectivity index (χ3v) is 3.87. The molecule has 0 saturated carbocycles. The third kappa shape index (κ3) is 4.48. The number of rotatable bonds is 4. The largest absolute Gasteiger partial charge is 0.352 e. The molecule has 5 heteroatoms. The number of nitrogens with one attached hydrogen (secondary N) is 1. The second-order valence-electron chi connectivity index (χ2n) is 5.78. The normalized spacial score (nSPS) is 19.9. The molecule has 3 N–H and O–H groups in total. The van der Waals surface area contributed by atoms with Crippen LogP contribution in [-0.4, -0.2) is 36.0 Å². The highest BCUT2D eigenvalue weighted by molar-refractivity contribution is 5.87. The van der Waals surface area contributed by atoms with E-state index in [-0.39, 0.29) is 5.91 Å². The maximum atomic E-state index is 12.6. The average molecular weight is 289 g/mol. The van der Waals surface area contributed by atoms with Crippen molar-refractivity contribution < 1.29 is 9.59 Å². The summed E-state index contributed by atoms with van der Waals surface area (Å²) in [7, 11) is 0. The van der Waals surface area contributed by atoms with E-state index in [1.54, 1.807) is 0 Å². The number of nitrogens with zero attached hydrogens (tertiary/aromatic N) is 1. The molecule has 2 rings (SSSR count). The molecule has 0 bridgehead atoms. The molecule has 2 atom stereocenters. The van der Waals surface area contributed by atoms with Crippen molar-refractivity contribution in [3.63, 3.8) is 0 Å². The van der Waals surface area contributed by atoms with Gasteiger partial charge in [-0.25, -0.2) is 4.79 Å². The summed E-state index contributed by atoms with van der Waals surface area (Å²) >= 11 is 0. The van der Waals surface area contributed by atoms with Crippen LogP contribution in [0.1, 0.15) is 25.3 Å². The molecule has 114 valence electrons. The van der Waals surface area contributed by atoms with E-state index in [1.165, 1.54) is 0 Å². The van der Waals surface area contributed by atoms with E-state index < -0.39 is 12.1 Å². The number of carbonyl (C=O) groups excluding carboxylic acids is 2. The van der Waals surface area contributed by atoms with Gasteiger partial charge in [-0.1, -0.05) is 37.3 Å². The van der Waals surface area contributed by atoms with Crippen LogP contribution >= 0.6 is 0 Å². The van der Waals surface area contributed by atoms with Crippen LogP contribution in [-0.2, 0) is 11.2 Å². The van der Waals surface area contributed by atoms with E-state index in [4.69, 9.17) is 5.73 Å². The van der Waals surface area contributed by atoms with Crippen molar-refractivity contribution in [2.24, 2.45) is 11.7 Å². The van der Waals surface area contributed by atoms with Gasteiger partial charge in [0.25, 0.3) is 0 Å². The molecule has 5 nitrogen and oxygen atoms in total. The van der Waals surface area contributed by atoms with Crippen LogP contribution in [0, 0.1) is 5.92 Å². The second kappa shape index (κ2) is 7.11.